The van der Waals surface area contributed by atoms with Crippen molar-refractivity contribution in [3.63, 3.8) is 0 Å². The number of carbonyl (C=O) groups excluding carboxylic acids is 1. The van der Waals surface area contributed by atoms with Crippen molar-refractivity contribution >= 4 is 5.91 Å². The minimum Gasteiger partial charge on any atom is -0.342 e. The third-order valence-corrected chi connectivity index (χ3v) is 3.71. The van der Waals surface area contributed by atoms with Crippen LogP contribution in [-0.4, -0.2) is 62.0 Å². The molecule has 100 valence electrons. The lowest BCUT2D eigenvalue weighted by molar-refractivity contribution is -0.131. The van der Waals surface area contributed by atoms with E-state index in [1.165, 1.54) is 6.54 Å². The molecule has 0 saturated carbocycles. The molecule has 0 aromatic carbocycles. The molecule has 4 heteroatoms. The van der Waals surface area contributed by atoms with Crippen molar-refractivity contribution in [1.82, 2.24) is 15.1 Å². The molecule has 0 aromatic heterocycles. The number of rotatable bonds is 6. The minimum absolute atomic E-state index is 0.244. The largest absolute Gasteiger partial charge is 0.342 e. The molecule has 0 unspecified atom stereocenters. The molecule has 0 spiro atoms. The molecule has 0 aliphatic carbocycles. The van der Waals surface area contributed by atoms with Gasteiger partial charge in [0.2, 0.25) is 5.91 Å². The average molecular weight is 241 g/mol. The van der Waals surface area contributed by atoms with Crippen LogP contribution >= 0.6 is 0 Å². The molecule has 17 heavy (non-hydrogen) atoms. The van der Waals surface area contributed by atoms with Crippen molar-refractivity contribution < 1.29 is 4.79 Å². The predicted molar refractivity (Wildman–Crippen MR) is 71.0 cm³/mol. The fourth-order valence-electron chi connectivity index (χ4n) is 2.47. The van der Waals surface area contributed by atoms with Crippen LogP contribution in [0.5, 0.6) is 0 Å². The summed E-state index contributed by atoms with van der Waals surface area (Å²) in [4.78, 5) is 16.2. The van der Waals surface area contributed by atoms with Gasteiger partial charge in [0, 0.05) is 19.6 Å². The van der Waals surface area contributed by atoms with Crippen molar-refractivity contribution in [2.75, 3.05) is 46.3 Å². The van der Waals surface area contributed by atoms with Crippen LogP contribution in [0.15, 0.2) is 0 Å². The van der Waals surface area contributed by atoms with E-state index < -0.39 is 0 Å². The van der Waals surface area contributed by atoms with E-state index in [0.717, 1.165) is 44.9 Å². The van der Waals surface area contributed by atoms with Crippen LogP contribution in [0.3, 0.4) is 0 Å². The molecular weight excluding hydrogens is 214 g/mol. The Morgan fingerprint density at radius 3 is 2.35 bits per heavy atom. The molecule has 0 atom stereocenters. The number of carbonyl (C=O) groups is 1. The second-order valence-corrected chi connectivity index (χ2v) is 4.84. The molecule has 1 rings (SSSR count). The number of likely N-dealkylation sites (tertiary alicyclic amines) is 1. The van der Waals surface area contributed by atoms with Crippen LogP contribution in [-0.2, 0) is 4.79 Å². The molecule has 0 radical (unpaired) electrons. The maximum atomic E-state index is 11.7. The number of amides is 1. The normalized spacial score (nSPS) is 17.8. The average Bonchev–Trinajstić information content (AvgIpc) is 2.37. The Balaban J connectivity index is 2.28. The zero-order chi connectivity index (χ0) is 12.7. The van der Waals surface area contributed by atoms with Gasteiger partial charge in [0.05, 0.1) is 6.54 Å². The summed E-state index contributed by atoms with van der Waals surface area (Å²) in [6, 6.07) is 0. The van der Waals surface area contributed by atoms with Gasteiger partial charge in [-0.05, 0) is 38.9 Å². The van der Waals surface area contributed by atoms with Gasteiger partial charge in [-0.25, -0.2) is 0 Å². The first-order valence-electron chi connectivity index (χ1n) is 6.85. The summed E-state index contributed by atoms with van der Waals surface area (Å²) in [6.07, 6.45) is 2.32. The number of nitrogens with zero attached hydrogens (tertiary/aromatic N) is 2. The van der Waals surface area contributed by atoms with E-state index in [-0.39, 0.29) is 5.91 Å². The van der Waals surface area contributed by atoms with E-state index in [2.05, 4.69) is 24.1 Å². The highest BCUT2D eigenvalue weighted by atomic mass is 16.2. The first-order valence-corrected chi connectivity index (χ1v) is 6.85. The molecule has 1 N–H and O–H groups in total. The zero-order valence-electron chi connectivity index (χ0n) is 11.5. The molecule has 0 aromatic rings. The third kappa shape index (κ3) is 4.64. The van der Waals surface area contributed by atoms with Crippen molar-refractivity contribution in [1.29, 1.82) is 0 Å². The van der Waals surface area contributed by atoms with Crippen LogP contribution in [0.25, 0.3) is 0 Å². The van der Waals surface area contributed by atoms with Crippen molar-refractivity contribution in [2.45, 2.75) is 26.7 Å². The first kappa shape index (κ1) is 14.5. The van der Waals surface area contributed by atoms with Gasteiger partial charge in [0.1, 0.15) is 0 Å². The molecule has 1 amide bonds. The Morgan fingerprint density at radius 1 is 1.29 bits per heavy atom. The Hall–Kier alpha value is -0.610. The van der Waals surface area contributed by atoms with E-state index >= 15 is 0 Å². The second kappa shape index (κ2) is 7.67. The SMILES string of the molecule is CCN(CC)CC1CCN(C(=O)CNC)CC1. The van der Waals surface area contributed by atoms with Crippen LogP contribution in [0, 0.1) is 5.92 Å². The Labute approximate surface area is 105 Å². The van der Waals surface area contributed by atoms with E-state index in [9.17, 15) is 4.79 Å². The summed E-state index contributed by atoms with van der Waals surface area (Å²) in [5.74, 6) is 1.02. The number of piperidine rings is 1. The minimum atomic E-state index is 0.244. The topological polar surface area (TPSA) is 35.6 Å². The third-order valence-electron chi connectivity index (χ3n) is 3.71. The zero-order valence-corrected chi connectivity index (χ0v) is 11.5. The monoisotopic (exact) mass is 241 g/mol. The van der Waals surface area contributed by atoms with Gasteiger partial charge < -0.3 is 15.1 Å². The number of nitrogens with one attached hydrogen (secondary N) is 1. The highest BCUT2D eigenvalue weighted by Crippen LogP contribution is 2.18. The summed E-state index contributed by atoms with van der Waals surface area (Å²) in [5, 5.41) is 2.93. The predicted octanol–water partition coefficient (Wildman–Crippen LogP) is 0.786. The quantitative estimate of drug-likeness (QED) is 0.747. The van der Waals surface area contributed by atoms with Crippen LogP contribution < -0.4 is 5.32 Å². The molecule has 1 aliphatic rings. The van der Waals surface area contributed by atoms with Gasteiger partial charge >= 0.3 is 0 Å². The number of hydrogen-bond donors (Lipinski definition) is 1. The Bertz CT molecular complexity index is 221. The van der Waals surface area contributed by atoms with Gasteiger partial charge in [0.15, 0.2) is 0 Å². The van der Waals surface area contributed by atoms with Gasteiger partial charge in [-0.2, -0.15) is 0 Å². The fraction of sp³-hybridized carbons (Fsp3) is 0.923. The van der Waals surface area contributed by atoms with Crippen molar-refractivity contribution in [2.24, 2.45) is 5.92 Å². The molecule has 1 saturated heterocycles. The van der Waals surface area contributed by atoms with Crippen molar-refractivity contribution in [3.05, 3.63) is 0 Å². The van der Waals surface area contributed by atoms with E-state index in [1.807, 2.05) is 11.9 Å². The lowest BCUT2D eigenvalue weighted by Gasteiger charge is -2.34. The molecular formula is C13H27N3O. The lowest BCUT2D eigenvalue weighted by Crippen LogP contribution is -2.44. The Morgan fingerprint density at radius 2 is 1.88 bits per heavy atom. The molecule has 1 aliphatic heterocycles. The van der Waals surface area contributed by atoms with Gasteiger partial charge in [-0.3, -0.25) is 4.79 Å². The van der Waals surface area contributed by atoms with E-state index in [0.29, 0.717) is 6.54 Å². The van der Waals surface area contributed by atoms with Crippen LogP contribution in [0.2, 0.25) is 0 Å². The summed E-state index contributed by atoms with van der Waals surface area (Å²) >= 11 is 0. The first-order chi connectivity index (χ1) is 8.21. The highest BCUT2D eigenvalue weighted by molar-refractivity contribution is 5.78. The maximum Gasteiger partial charge on any atom is 0.236 e. The standard InChI is InChI=1S/C13H27N3O/c1-4-15(5-2)11-12-6-8-16(9-7-12)13(17)10-14-3/h12,14H,4-11H2,1-3H3. The van der Waals surface area contributed by atoms with E-state index in [4.69, 9.17) is 0 Å². The maximum absolute atomic E-state index is 11.7. The molecule has 1 fully saturated rings. The smallest absolute Gasteiger partial charge is 0.236 e. The highest BCUT2D eigenvalue weighted by Gasteiger charge is 2.23. The molecule has 1 heterocycles. The summed E-state index contributed by atoms with van der Waals surface area (Å²) < 4.78 is 0. The van der Waals surface area contributed by atoms with Crippen LogP contribution in [0.4, 0.5) is 0 Å². The number of hydrogen-bond acceptors (Lipinski definition) is 3. The van der Waals surface area contributed by atoms with Gasteiger partial charge in [0.25, 0.3) is 0 Å². The van der Waals surface area contributed by atoms with Crippen LogP contribution in [0.1, 0.15) is 26.7 Å². The molecule has 4 nitrogen and oxygen atoms in total. The van der Waals surface area contributed by atoms with Gasteiger partial charge in [-0.1, -0.05) is 13.8 Å². The van der Waals surface area contributed by atoms with E-state index in [1.54, 1.807) is 0 Å². The fourth-order valence-corrected chi connectivity index (χ4v) is 2.47. The summed E-state index contributed by atoms with van der Waals surface area (Å²) in [7, 11) is 1.82. The number of likely N-dealkylation sites (N-methyl/N-ethyl adjacent to an activating group) is 1. The summed E-state index contributed by atoms with van der Waals surface area (Å²) in [5.41, 5.74) is 0. The lowest BCUT2D eigenvalue weighted by atomic mass is 9.96. The van der Waals surface area contributed by atoms with Gasteiger partial charge in [-0.15, -0.1) is 0 Å². The second-order valence-electron chi connectivity index (χ2n) is 4.84. The Kier molecular flexibility index (Phi) is 6.52. The summed E-state index contributed by atoms with van der Waals surface area (Å²) in [6.45, 7) is 10.2. The molecule has 0 bridgehead atoms. The van der Waals surface area contributed by atoms with Crippen molar-refractivity contribution in [3.8, 4) is 0 Å².